The fourth-order valence-electron chi connectivity index (χ4n) is 2.95. The van der Waals surface area contributed by atoms with Crippen LogP contribution in [-0.2, 0) is 19.4 Å². The summed E-state index contributed by atoms with van der Waals surface area (Å²) in [6.07, 6.45) is 7.99. The number of nitrogens with one attached hydrogen (secondary N) is 1. The van der Waals surface area contributed by atoms with Crippen LogP contribution >= 0.6 is 0 Å². The topological polar surface area (TPSA) is 83.6 Å². The number of sulfone groups is 1. The first-order valence-corrected chi connectivity index (χ1v) is 9.64. The molecule has 1 unspecified atom stereocenters. The number of rotatable bonds is 4. The molecule has 2 amide bonds. The molecule has 0 aromatic rings. The van der Waals surface area contributed by atoms with Crippen LogP contribution in [0.1, 0.15) is 38.5 Å². The number of hydrogen-bond acceptors (Lipinski definition) is 4. The first kappa shape index (κ1) is 17.0. The molecule has 1 N–H and O–H groups in total. The van der Waals surface area contributed by atoms with E-state index < -0.39 is 21.7 Å². The Hall–Kier alpha value is -1.37. The van der Waals surface area contributed by atoms with Gasteiger partial charge in [0.1, 0.15) is 0 Å². The van der Waals surface area contributed by atoms with E-state index in [1.165, 1.54) is 30.4 Å². The normalized spacial score (nSPS) is 23.7. The van der Waals surface area contributed by atoms with Gasteiger partial charge in [0.25, 0.3) is 0 Å². The Morgan fingerprint density at radius 2 is 2.14 bits per heavy atom. The van der Waals surface area contributed by atoms with Gasteiger partial charge in [-0.1, -0.05) is 11.6 Å². The molecule has 7 heteroatoms. The summed E-state index contributed by atoms with van der Waals surface area (Å²) in [5.74, 6) is -1.26. The van der Waals surface area contributed by atoms with Crippen molar-refractivity contribution in [2.45, 2.75) is 44.6 Å². The summed E-state index contributed by atoms with van der Waals surface area (Å²) in [5.41, 5.74) is 1.34. The maximum absolute atomic E-state index is 12.0. The molecule has 0 saturated carbocycles. The molecule has 0 aromatic carbocycles. The van der Waals surface area contributed by atoms with E-state index in [0.29, 0.717) is 13.0 Å². The van der Waals surface area contributed by atoms with E-state index in [-0.39, 0.29) is 17.5 Å². The van der Waals surface area contributed by atoms with Crippen molar-refractivity contribution in [3.8, 4) is 0 Å². The summed E-state index contributed by atoms with van der Waals surface area (Å²) in [6, 6.07) is -0.385. The Bertz CT molecular complexity index is 568. The molecule has 0 spiro atoms. The zero-order valence-corrected chi connectivity index (χ0v) is 13.8. The van der Waals surface area contributed by atoms with Gasteiger partial charge in [-0.25, -0.2) is 8.42 Å². The minimum Gasteiger partial charge on any atom is -0.348 e. The van der Waals surface area contributed by atoms with Gasteiger partial charge in [0, 0.05) is 19.6 Å². The molecule has 0 bridgehead atoms. The second-order valence-corrected chi connectivity index (χ2v) is 8.32. The minimum absolute atomic E-state index is 0.0462. The van der Waals surface area contributed by atoms with Crippen LogP contribution in [0.15, 0.2) is 11.6 Å². The molecular weight excluding hydrogens is 304 g/mol. The van der Waals surface area contributed by atoms with E-state index >= 15 is 0 Å². The second kappa shape index (κ2) is 7.26. The summed E-state index contributed by atoms with van der Waals surface area (Å²) in [5, 5.41) is 2.63. The van der Waals surface area contributed by atoms with E-state index in [0.717, 1.165) is 19.3 Å². The summed E-state index contributed by atoms with van der Waals surface area (Å²) in [7, 11) is -1.57. The molecule has 0 radical (unpaired) electrons. The average Bonchev–Trinajstić information content (AvgIpc) is 2.87. The first-order chi connectivity index (χ1) is 10.4. The third kappa shape index (κ3) is 4.56. The predicted octanol–water partition coefficient (Wildman–Crippen LogP) is 0.639. The molecule has 22 heavy (non-hydrogen) atoms. The number of carbonyl (C=O) groups is 2. The van der Waals surface area contributed by atoms with Crippen LogP contribution in [0.25, 0.3) is 0 Å². The number of hydrogen-bond donors (Lipinski definition) is 1. The summed E-state index contributed by atoms with van der Waals surface area (Å²) in [6.45, 7) is 0.452. The SMILES string of the molecule is CN(C(=O)C(=O)NCCC1=CCCCC1)C1CCS(=O)(=O)C1. The fourth-order valence-corrected chi connectivity index (χ4v) is 4.73. The van der Waals surface area contributed by atoms with Crippen LogP contribution in [0.5, 0.6) is 0 Å². The monoisotopic (exact) mass is 328 g/mol. The summed E-state index contributed by atoms with van der Waals surface area (Å²) in [4.78, 5) is 25.2. The molecule has 1 saturated heterocycles. The van der Waals surface area contributed by atoms with Crippen LogP contribution in [0.3, 0.4) is 0 Å². The summed E-state index contributed by atoms with van der Waals surface area (Å²) >= 11 is 0. The molecule has 1 aliphatic carbocycles. The highest BCUT2D eigenvalue weighted by Crippen LogP contribution is 2.19. The molecule has 2 rings (SSSR count). The minimum atomic E-state index is -3.06. The van der Waals surface area contributed by atoms with Gasteiger partial charge in [0.05, 0.1) is 11.5 Å². The van der Waals surface area contributed by atoms with E-state index in [4.69, 9.17) is 0 Å². The highest BCUT2D eigenvalue weighted by Gasteiger charge is 2.34. The lowest BCUT2D eigenvalue weighted by Gasteiger charge is -2.22. The zero-order chi connectivity index (χ0) is 16.2. The predicted molar refractivity (Wildman–Crippen MR) is 84.0 cm³/mol. The third-order valence-electron chi connectivity index (χ3n) is 4.39. The lowest BCUT2D eigenvalue weighted by Crippen LogP contribution is -2.46. The van der Waals surface area contributed by atoms with Crippen LogP contribution in [0, 0.1) is 0 Å². The molecule has 6 nitrogen and oxygen atoms in total. The first-order valence-electron chi connectivity index (χ1n) is 7.82. The molecular formula is C15H24N2O4S. The zero-order valence-electron chi connectivity index (χ0n) is 13.0. The van der Waals surface area contributed by atoms with E-state index in [9.17, 15) is 18.0 Å². The molecule has 1 aliphatic heterocycles. The van der Waals surface area contributed by atoms with Crippen molar-refractivity contribution in [3.05, 3.63) is 11.6 Å². The number of carbonyl (C=O) groups excluding carboxylic acids is 2. The van der Waals surface area contributed by atoms with Crippen molar-refractivity contribution < 1.29 is 18.0 Å². The number of amides is 2. The Morgan fingerprint density at radius 3 is 2.73 bits per heavy atom. The van der Waals surface area contributed by atoms with Crippen LogP contribution < -0.4 is 5.32 Å². The number of nitrogens with zero attached hydrogens (tertiary/aromatic N) is 1. The van der Waals surface area contributed by atoms with Gasteiger partial charge >= 0.3 is 11.8 Å². The summed E-state index contributed by atoms with van der Waals surface area (Å²) < 4.78 is 22.9. The van der Waals surface area contributed by atoms with Gasteiger partial charge in [-0.05, 0) is 38.5 Å². The van der Waals surface area contributed by atoms with Crippen molar-refractivity contribution in [2.24, 2.45) is 0 Å². The van der Waals surface area contributed by atoms with Crippen LogP contribution in [0.4, 0.5) is 0 Å². The highest BCUT2D eigenvalue weighted by atomic mass is 32.2. The van der Waals surface area contributed by atoms with Crippen LogP contribution in [0.2, 0.25) is 0 Å². The van der Waals surface area contributed by atoms with Gasteiger partial charge in [-0.2, -0.15) is 0 Å². The van der Waals surface area contributed by atoms with Gasteiger partial charge < -0.3 is 10.2 Å². The van der Waals surface area contributed by atoms with E-state index in [1.807, 2.05) is 0 Å². The Morgan fingerprint density at radius 1 is 1.36 bits per heavy atom. The molecule has 0 aromatic heterocycles. The van der Waals surface area contributed by atoms with Crippen molar-refractivity contribution >= 4 is 21.7 Å². The van der Waals surface area contributed by atoms with Gasteiger partial charge in [-0.3, -0.25) is 9.59 Å². The van der Waals surface area contributed by atoms with Gasteiger partial charge in [-0.15, -0.1) is 0 Å². The lowest BCUT2D eigenvalue weighted by atomic mass is 9.97. The quantitative estimate of drug-likeness (QED) is 0.606. The number of allylic oxidation sites excluding steroid dienone is 1. The van der Waals surface area contributed by atoms with Crippen LogP contribution in [-0.4, -0.2) is 56.3 Å². The maximum Gasteiger partial charge on any atom is 0.311 e. The Kier molecular flexibility index (Phi) is 5.61. The van der Waals surface area contributed by atoms with Crippen molar-refractivity contribution in [1.29, 1.82) is 0 Å². The molecule has 2 aliphatic rings. The van der Waals surface area contributed by atoms with E-state index in [1.54, 1.807) is 0 Å². The largest absolute Gasteiger partial charge is 0.348 e. The van der Waals surface area contributed by atoms with E-state index in [2.05, 4.69) is 11.4 Å². The van der Waals surface area contributed by atoms with Crippen molar-refractivity contribution in [3.63, 3.8) is 0 Å². The molecule has 124 valence electrons. The smallest absolute Gasteiger partial charge is 0.311 e. The highest BCUT2D eigenvalue weighted by molar-refractivity contribution is 7.91. The third-order valence-corrected chi connectivity index (χ3v) is 6.14. The number of likely N-dealkylation sites (N-methyl/N-ethyl adjacent to an activating group) is 1. The molecule has 1 heterocycles. The average molecular weight is 328 g/mol. The molecule has 1 atom stereocenters. The Labute approximate surface area is 131 Å². The lowest BCUT2D eigenvalue weighted by molar-refractivity contribution is -0.146. The van der Waals surface area contributed by atoms with Crippen molar-refractivity contribution in [2.75, 3.05) is 25.1 Å². The second-order valence-electron chi connectivity index (χ2n) is 6.09. The van der Waals surface area contributed by atoms with Gasteiger partial charge in [0.2, 0.25) is 0 Å². The molecule has 1 fully saturated rings. The van der Waals surface area contributed by atoms with Crippen molar-refractivity contribution in [1.82, 2.24) is 10.2 Å². The standard InChI is InChI=1S/C15H24N2O4S/c1-17(13-8-10-22(20,21)11-13)15(19)14(18)16-9-7-12-5-3-2-4-6-12/h5,13H,2-4,6-11H2,1H3,(H,16,18). The Balaban J connectivity index is 1.76. The maximum atomic E-state index is 12.0. The van der Waals surface area contributed by atoms with Gasteiger partial charge in [0.15, 0.2) is 9.84 Å². The fraction of sp³-hybridized carbons (Fsp3) is 0.733.